The smallest absolute Gasteiger partial charge is 0.338 e. The first kappa shape index (κ1) is 18.9. The number of hydrogen-bond acceptors (Lipinski definition) is 4. The molecule has 1 N–H and O–H groups in total. The highest BCUT2D eigenvalue weighted by Crippen LogP contribution is 2.13. The van der Waals surface area contributed by atoms with Gasteiger partial charge in [-0.25, -0.2) is 9.59 Å². The number of ether oxygens (including phenoxy) is 1. The average molecular weight is 360 g/mol. The van der Waals surface area contributed by atoms with Crippen LogP contribution in [0.25, 0.3) is 0 Å². The number of hydrogen-bond donors (Lipinski definition) is 1. The van der Waals surface area contributed by atoms with Gasteiger partial charge in [0.25, 0.3) is 0 Å². The maximum atomic E-state index is 12.3. The minimum Gasteiger partial charge on any atom is -0.478 e. The van der Waals surface area contributed by atoms with Gasteiger partial charge in [-0.15, -0.1) is 0 Å². The van der Waals surface area contributed by atoms with Gasteiger partial charge in [0, 0.05) is 22.3 Å². The summed E-state index contributed by atoms with van der Waals surface area (Å²) in [4.78, 5) is 22.8. The summed E-state index contributed by atoms with van der Waals surface area (Å²) in [7, 11) is -1.17. The van der Waals surface area contributed by atoms with Crippen molar-refractivity contribution >= 4 is 22.7 Å². The third-order valence-corrected chi connectivity index (χ3v) is 4.67. The molecule has 6 heteroatoms. The molecule has 1 atom stereocenters. The van der Waals surface area contributed by atoms with Crippen molar-refractivity contribution in [2.45, 2.75) is 31.5 Å². The first-order valence-corrected chi connectivity index (χ1v) is 9.31. The van der Waals surface area contributed by atoms with E-state index in [4.69, 9.17) is 9.84 Å². The Morgan fingerprint density at radius 3 is 2.24 bits per heavy atom. The van der Waals surface area contributed by atoms with Crippen molar-refractivity contribution in [3.8, 4) is 0 Å². The van der Waals surface area contributed by atoms with Crippen LogP contribution < -0.4 is 0 Å². The Morgan fingerprint density at radius 2 is 1.64 bits per heavy atom. The van der Waals surface area contributed by atoms with Gasteiger partial charge in [0.1, 0.15) is 0 Å². The molecule has 1 unspecified atom stereocenters. The van der Waals surface area contributed by atoms with E-state index in [9.17, 15) is 13.8 Å². The summed E-state index contributed by atoms with van der Waals surface area (Å²) >= 11 is 0. The first-order valence-electron chi connectivity index (χ1n) is 7.82. The van der Waals surface area contributed by atoms with Gasteiger partial charge in [0.05, 0.1) is 17.2 Å². The number of carboxylic acid groups (broad SMARTS) is 1. The van der Waals surface area contributed by atoms with Crippen LogP contribution in [0.15, 0.2) is 48.5 Å². The lowest BCUT2D eigenvalue weighted by Gasteiger charge is -2.09. The molecule has 2 rings (SSSR count). The van der Waals surface area contributed by atoms with E-state index >= 15 is 0 Å². The highest BCUT2D eigenvalue weighted by Gasteiger charge is 2.11. The van der Waals surface area contributed by atoms with Crippen molar-refractivity contribution in [2.24, 2.45) is 0 Å². The van der Waals surface area contributed by atoms with Crippen LogP contribution in [0, 0.1) is 0 Å². The quantitative estimate of drug-likeness (QED) is 0.766. The number of carbonyl (C=O) groups excluding carboxylic acids is 1. The molecule has 2 aromatic carbocycles. The second-order valence-corrected chi connectivity index (χ2v) is 7.34. The fourth-order valence-electron chi connectivity index (χ4n) is 2.24. The maximum Gasteiger partial charge on any atom is 0.338 e. The third-order valence-electron chi connectivity index (χ3n) is 3.36. The van der Waals surface area contributed by atoms with Crippen molar-refractivity contribution in [3.05, 3.63) is 70.8 Å². The summed E-state index contributed by atoms with van der Waals surface area (Å²) in [5.74, 6) is -0.756. The standard InChI is InChI=1S/C19H20O5S/c1-13(2)24-19(22)17-5-3-4-15(10-17)12-25(23)11-14-6-8-16(9-7-14)18(20)21/h3-10,13H,11-12H2,1-2H3,(H,20,21). The molecular weight excluding hydrogens is 340 g/mol. The molecule has 2 aromatic rings. The molecule has 0 aliphatic carbocycles. The maximum absolute atomic E-state index is 12.3. The number of esters is 1. The molecule has 0 amide bonds. The van der Waals surface area contributed by atoms with Crippen LogP contribution in [0.1, 0.15) is 45.7 Å². The van der Waals surface area contributed by atoms with E-state index in [1.54, 1.807) is 44.2 Å². The Labute approximate surface area is 149 Å². The third kappa shape index (κ3) is 5.83. The van der Waals surface area contributed by atoms with Crippen LogP contribution in [0.3, 0.4) is 0 Å². The van der Waals surface area contributed by atoms with Crippen LogP contribution in [-0.4, -0.2) is 27.4 Å². The Bertz CT molecular complexity index is 781. The van der Waals surface area contributed by atoms with Gasteiger partial charge >= 0.3 is 11.9 Å². The van der Waals surface area contributed by atoms with E-state index in [1.807, 2.05) is 6.07 Å². The molecule has 0 aromatic heterocycles. The van der Waals surface area contributed by atoms with E-state index in [1.165, 1.54) is 12.1 Å². The Morgan fingerprint density at radius 1 is 1.00 bits per heavy atom. The van der Waals surface area contributed by atoms with E-state index in [2.05, 4.69) is 0 Å². The lowest BCUT2D eigenvalue weighted by molar-refractivity contribution is 0.0377. The van der Waals surface area contributed by atoms with Gasteiger partial charge in [-0.05, 0) is 49.2 Å². The van der Waals surface area contributed by atoms with E-state index < -0.39 is 22.7 Å². The van der Waals surface area contributed by atoms with Crippen molar-refractivity contribution in [1.29, 1.82) is 0 Å². The summed E-state index contributed by atoms with van der Waals surface area (Å²) in [6.45, 7) is 3.57. The second-order valence-electron chi connectivity index (χ2n) is 5.89. The molecule has 0 bridgehead atoms. The van der Waals surface area contributed by atoms with Crippen LogP contribution in [0.2, 0.25) is 0 Å². The molecule has 25 heavy (non-hydrogen) atoms. The van der Waals surface area contributed by atoms with E-state index in [0.29, 0.717) is 17.1 Å². The molecule has 5 nitrogen and oxygen atoms in total. The van der Waals surface area contributed by atoms with Crippen molar-refractivity contribution in [2.75, 3.05) is 0 Å². The molecular formula is C19H20O5S. The van der Waals surface area contributed by atoms with Crippen molar-refractivity contribution in [3.63, 3.8) is 0 Å². The zero-order valence-electron chi connectivity index (χ0n) is 14.1. The predicted octanol–water partition coefficient (Wildman–Crippen LogP) is 3.40. The molecule has 0 fully saturated rings. The minimum absolute atomic E-state index is 0.195. The molecule has 132 valence electrons. The van der Waals surface area contributed by atoms with Gasteiger partial charge in [0.15, 0.2) is 0 Å². The SMILES string of the molecule is CC(C)OC(=O)c1cccc(CS(=O)Cc2ccc(C(=O)O)cc2)c1. The summed E-state index contributed by atoms with van der Waals surface area (Å²) in [5, 5.41) is 8.88. The topological polar surface area (TPSA) is 80.7 Å². The number of benzene rings is 2. The van der Waals surface area contributed by atoms with Gasteiger partial charge in [-0.2, -0.15) is 0 Å². The molecule has 0 saturated carbocycles. The average Bonchev–Trinajstić information content (AvgIpc) is 2.54. The van der Waals surface area contributed by atoms with Crippen LogP contribution >= 0.6 is 0 Å². The molecule has 0 aliphatic rings. The Balaban J connectivity index is 2.00. The molecule has 0 heterocycles. The van der Waals surface area contributed by atoms with Crippen molar-refractivity contribution < 1.29 is 23.6 Å². The lowest BCUT2D eigenvalue weighted by atomic mass is 10.1. The monoisotopic (exact) mass is 360 g/mol. The van der Waals surface area contributed by atoms with Crippen LogP contribution in [0.5, 0.6) is 0 Å². The fraction of sp³-hybridized carbons (Fsp3) is 0.263. The molecule has 0 saturated heterocycles. The predicted molar refractivity (Wildman–Crippen MR) is 95.9 cm³/mol. The Hall–Kier alpha value is -2.47. The van der Waals surface area contributed by atoms with E-state index in [-0.39, 0.29) is 11.7 Å². The minimum atomic E-state index is -1.17. The molecule has 0 radical (unpaired) electrons. The number of rotatable bonds is 7. The summed E-state index contributed by atoms with van der Waals surface area (Å²) in [6.07, 6.45) is -0.195. The summed E-state index contributed by atoms with van der Waals surface area (Å²) in [6, 6.07) is 13.2. The highest BCUT2D eigenvalue weighted by molar-refractivity contribution is 7.83. The zero-order chi connectivity index (χ0) is 18.4. The van der Waals surface area contributed by atoms with Gasteiger partial charge in [0.2, 0.25) is 0 Å². The molecule has 0 spiro atoms. The van der Waals surface area contributed by atoms with Gasteiger partial charge in [-0.3, -0.25) is 4.21 Å². The zero-order valence-corrected chi connectivity index (χ0v) is 14.9. The summed E-state index contributed by atoms with van der Waals surface area (Å²) in [5.41, 5.74) is 2.23. The Kier molecular flexibility index (Phi) is 6.47. The highest BCUT2D eigenvalue weighted by atomic mass is 32.2. The van der Waals surface area contributed by atoms with Gasteiger partial charge in [-0.1, -0.05) is 24.3 Å². The number of carbonyl (C=O) groups is 2. The summed E-state index contributed by atoms with van der Waals surface area (Å²) < 4.78 is 17.5. The van der Waals surface area contributed by atoms with Gasteiger partial charge < -0.3 is 9.84 Å². The van der Waals surface area contributed by atoms with Crippen LogP contribution in [-0.2, 0) is 27.0 Å². The first-order chi connectivity index (χ1) is 11.8. The van der Waals surface area contributed by atoms with Crippen LogP contribution in [0.4, 0.5) is 0 Å². The largest absolute Gasteiger partial charge is 0.478 e. The fourth-order valence-corrected chi connectivity index (χ4v) is 3.45. The molecule has 0 aliphatic heterocycles. The normalized spacial score (nSPS) is 12.0. The lowest BCUT2D eigenvalue weighted by Crippen LogP contribution is -2.12. The second kappa shape index (κ2) is 8.58. The van der Waals surface area contributed by atoms with E-state index in [0.717, 1.165) is 11.1 Å². The van der Waals surface area contributed by atoms with Crippen molar-refractivity contribution in [1.82, 2.24) is 0 Å². The number of carboxylic acids is 1. The number of aromatic carboxylic acids is 1.